The van der Waals surface area contributed by atoms with Crippen LogP contribution in [-0.4, -0.2) is 69.5 Å². The number of likely N-dealkylation sites (tertiary alicyclic amines) is 1. The first-order valence-corrected chi connectivity index (χ1v) is 15.4. The molecule has 1 saturated heterocycles. The van der Waals surface area contributed by atoms with E-state index in [2.05, 4.69) is 29.2 Å². The number of nitrogens with two attached hydrogens (primary N) is 1. The lowest BCUT2D eigenvalue weighted by Crippen LogP contribution is -2.50. The number of hydrogen-bond acceptors (Lipinski definition) is 7. The zero-order valence-electron chi connectivity index (χ0n) is 24.1. The standard InChI is InChI=1S/C31H39N3O6S/c1-20-11-27(38-3)12-21(2)30(20)41(36,37)34(26-9-10-26)16-24(29-14-25(19-40-29)31(32)35)13-22-5-7-23(8-6-22)15-33-17-28(18-33)39-4/h5-8,11-12,14,19,24,26,28H,9-10,13,15-18H2,1-4H3,(H2,32,35). The molecular formula is C31H39N3O6S. The number of carbonyl (C=O) groups excluding carboxylic acids is 1. The molecule has 1 amide bonds. The fraction of sp³-hybridized carbons (Fsp3) is 0.452. The lowest BCUT2D eigenvalue weighted by Gasteiger charge is -2.38. The van der Waals surface area contributed by atoms with E-state index < -0.39 is 15.9 Å². The summed E-state index contributed by atoms with van der Waals surface area (Å²) in [6.45, 7) is 6.54. The Morgan fingerprint density at radius 3 is 2.24 bits per heavy atom. The van der Waals surface area contributed by atoms with Crippen molar-refractivity contribution in [1.29, 1.82) is 0 Å². The second-order valence-electron chi connectivity index (χ2n) is 11.3. The van der Waals surface area contributed by atoms with Gasteiger partial charge in [-0.25, -0.2) is 8.42 Å². The first kappa shape index (κ1) is 29.3. The van der Waals surface area contributed by atoms with Crippen LogP contribution in [0.5, 0.6) is 5.75 Å². The topological polar surface area (TPSA) is 115 Å². The first-order valence-electron chi connectivity index (χ1n) is 14.0. The summed E-state index contributed by atoms with van der Waals surface area (Å²) < 4.78 is 46.5. The fourth-order valence-corrected chi connectivity index (χ4v) is 7.80. The Bertz CT molecular complexity index is 1470. The Kier molecular flexibility index (Phi) is 8.56. The van der Waals surface area contributed by atoms with Crippen LogP contribution < -0.4 is 10.5 Å². The molecule has 0 radical (unpaired) electrons. The van der Waals surface area contributed by atoms with Gasteiger partial charge in [0.2, 0.25) is 10.0 Å². The van der Waals surface area contributed by atoms with Gasteiger partial charge in [0.05, 0.1) is 23.7 Å². The van der Waals surface area contributed by atoms with Gasteiger partial charge >= 0.3 is 0 Å². The van der Waals surface area contributed by atoms with E-state index in [1.54, 1.807) is 50.6 Å². The molecule has 2 N–H and O–H groups in total. The zero-order valence-corrected chi connectivity index (χ0v) is 24.9. The highest BCUT2D eigenvalue weighted by Gasteiger charge is 2.41. The van der Waals surface area contributed by atoms with Crippen molar-refractivity contribution in [2.75, 3.05) is 33.9 Å². The number of methoxy groups -OCH3 is 2. The summed E-state index contributed by atoms with van der Waals surface area (Å²) in [5.41, 5.74) is 9.33. The summed E-state index contributed by atoms with van der Waals surface area (Å²) in [4.78, 5) is 14.5. The van der Waals surface area contributed by atoms with Crippen LogP contribution in [0.2, 0.25) is 0 Å². The van der Waals surface area contributed by atoms with E-state index in [1.807, 2.05) is 0 Å². The third kappa shape index (κ3) is 6.51. The maximum atomic E-state index is 14.2. The minimum absolute atomic E-state index is 0.0798. The third-order valence-electron chi connectivity index (χ3n) is 8.07. The quantitative estimate of drug-likeness (QED) is 0.324. The smallest absolute Gasteiger partial charge is 0.251 e. The predicted molar refractivity (Wildman–Crippen MR) is 156 cm³/mol. The molecular weight excluding hydrogens is 542 g/mol. The van der Waals surface area contributed by atoms with Gasteiger partial charge in [0, 0.05) is 45.2 Å². The highest BCUT2D eigenvalue weighted by atomic mass is 32.2. The van der Waals surface area contributed by atoms with Gasteiger partial charge in [-0.05, 0) is 73.6 Å². The molecule has 0 spiro atoms. The van der Waals surface area contributed by atoms with Crippen molar-refractivity contribution >= 4 is 15.9 Å². The molecule has 2 fully saturated rings. The van der Waals surface area contributed by atoms with Gasteiger partial charge in [-0.1, -0.05) is 24.3 Å². The van der Waals surface area contributed by atoms with Crippen LogP contribution in [0.25, 0.3) is 0 Å². The Labute approximate surface area is 242 Å². The number of ether oxygens (including phenoxy) is 2. The number of amides is 1. The minimum Gasteiger partial charge on any atom is -0.497 e. The number of nitrogens with zero attached hydrogens (tertiary/aromatic N) is 2. The van der Waals surface area contributed by atoms with Crippen molar-refractivity contribution in [1.82, 2.24) is 9.21 Å². The largest absolute Gasteiger partial charge is 0.497 e. The summed E-state index contributed by atoms with van der Waals surface area (Å²) in [6.07, 6.45) is 3.81. The summed E-state index contributed by atoms with van der Waals surface area (Å²) in [5, 5.41) is 0. The molecule has 1 aliphatic carbocycles. The van der Waals surface area contributed by atoms with Crippen molar-refractivity contribution in [3.63, 3.8) is 0 Å². The third-order valence-corrected chi connectivity index (χ3v) is 10.3. The molecule has 5 rings (SSSR count). The Morgan fingerprint density at radius 1 is 1.07 bits per heavy atom. The molecule has 41 heavy (non-hydrogen) atoms. The van der Waals surface area contributed by atoms with Gasteiger partial charge in [-0.2, -0.15) is 4.31 Å². The molecule has 1 saturated carbocycles. The van der Waals surface area contributed by atoms with Crippen LogP contribution in [0.15, 0.2) is 58.0 Å². The van der Waals surface area contributed by atoms with Gasteiger partial charge in [0.15, 0.2) is 0 Å². The first-order chi connectivity index (χ1) is 19.6. The maximum absolute atomic E-state index is 14.2. The van der Waals surface area contributed by atoms with E-state index in [-0.39, 0.29) is 24.1 Å². The van der Waals surface area contributed by atoms with Crippen LogP contribution in [0.3, 0.4) is 0 Å². The SMILES string of the molecule is COc1cc(C)c(S(=O)(=O)N(CC(Cc2ccc(CN3CC(OC)C3)cc2)c2cc(C(N)=O)co2)C2CC2)c(C)c1. The van der Waals surface area contributed by atoms with E-state index in [4.69, 9.17) is 19.6 Å². The van der Waals surface area contributed by atoms with Crippen molar-refractivity contribution in [3.05, 3.63) is 82.3 Å². The lowest BCUT2D eigenvalue weighted by atomic mass is 9.95. The number of benzene rings is 2. The Morgan fingerprint density at radius 2 is 1.71 bits per heavy atom. The number of aryl methyl sites for hydroxylation is 2. The molecule has 220 valence electrons. The van der Waals surface area contributed by atoms with Crippen LogP contribution in [0.4, 0.5) is 0 Å². The normalized spacial score (nSPS) is 17.0. The molecule has 9 nitrogen and oxygen atoms in total. The average Bonchev–Trinajstić information content (AvgIpc) is 3.62. The molecule has 2 aromatic carbocycles. The number of carbonyl (C=O) groups is 1. The van der Waals surface area contributed by atoms with Crippen LogP contribution >= 0.6 is 0 Å². The summed E-state index contributed by atoms with van der Waals surface area (Å²) >= 11 is 0. The van der Waals surface area contributed by atoms with Crippen molar-refractivity contribution in [3.8, 4) is 5.75 Å². The summed E-state index contributed by atoms with van der Waals surface area (Å²) in [7, 11) is -0.509. The maximum Gasteiger partial charge on any atom is 0.251 e. The van der Waals surface area contributed by atoms with Crippen molar-refractivity contribution < 1.29 is 27.1 Å². The van der Waals surface area contributed by atoms with E-state index in [1.165, 1.54) is 11.8 Å². The number of furan rings is 1. The second kappa shape index (κ2) is 12.0. The Balaban J connectivity index is 1.41. The molecule has 10 heteroatoms. The monoisotopic (exact) mass is 581 g/mol. The van der Waals surface area contributed by atoms with Gasteiger partial charge in [0.1, 0.15) is 17.8 Å². The zero-order chi connectivity index (χ0) is 29.3. The number of hydrogen-bond donors (Lipinski definition) is 1. The van der Waals surface area contributed by atoms with E-state index >= 15 is 0 Å². The lowest BCUT2D eigenvalue weighted by molar-refractivity contribution is -0.0334. The predicted octanol–water partition coefficient (Wildman–Crippen LogP) is 4.01. The molecule has 3 aromatic rings. The molecule has 1 atom stereocenters. The molecule has 1 aromatic heterocycles. The van der Waals surface area contributed by atoms with Crippen molar-refractivity contribution in [2.24, 2.45) is 5.73 Å². The molecule has 0 bridgehead atoms. The van der Waals surface area contributed by atoms with E-state index in [0.717, 1.165) is 38.0 Å². The van der Waals surface area contributed by atoms with Crippen LogP contribution in [-0.2, 0) is 27.7 Å². The van der Waals surface area contributed by atoms with E-state index in [9.17, 15) is 13.2 Å². The average molecular weight is 582 g/mol. The fourth-order valence-electron chi connectivity index (χ4n) is 5.65. The van der Waals surface area contributed by atoms with E-state index in [0.29, 0.717) is 40.1 Å². The van der Waals surface area contributed by atoms with Crippen molar-refractivity contribution in [2.45, 2.75) is 62.6 Å². The minimum atomic E-state index is -3.82. The Hall–Kier alpha value is -3.18. The highest BCUT2D eigenvalue weighted by Crippen LogP contribution is 2.38. The van der Waals surface area contributed by atoms with Gasteiger partial charge < -0.3 is 19.6 Å². The van der Waals surface area contributed by atoms with Crippen LogP contribution in [0, 0.1) is 13.8 Å². The van der Waals surface area contributed by atoms with Gasteiger partial charge in [-0.15, -0.1) is 0 Å². The number of rotatable bonds is 13. The molecule has 2 heterocycles. The number of sulfonamides is 1. The summed E-state index contributed by atoms with van der Waals surface area (Å²) in [6, 6.07) is 13.5. The second-order valence-corrected chi connectivity index (χ2v) is 13.1. The molecule has 1 unspecified atom stereocenters. The van der Waals surface area contributed by atoms with Gasteiger partial charge in [-0.3, -0.25) is 9.69 Å². The molecule has 1 aliphatic heterocycles. The van der Waals surface area contributed by atoms with Gasteiger partial charge in [0.25, 0.3) is 5.91 Å². The molecule has 2 aliphatic rings. The number of primary amides is 1. The van der Waals surface area contributed by atoms with Crippen LogP contribution in [0.1, 0.15) is 57.1 Å². The highest BCUT2D eigenvalue weighted by molar-refractivity contribution is 7.89. The summed E-state index contributed by atoms with van der Waals surface area (Å²) in [5.74, 6) is 0.264.